The van der Waals surface area contributed by atoms with Crippen LogP contribution in [0.1, 0.15) is 46.5 Å². The molecular weight excluding hydrogens is 167 g/mol. The molecule has 12 heavy (non-hydrogen) atoms. The molecule has 1 rings (SSSR count). The summed E-state index contributed by atoms with van der Waals surface area (Å²) in [5, 5.41) is 0.0529. The molecule has 2 heteroatoms. The monoisotopic (exact) mass is 188 g/mol. The Morgan fingerprint density at radius 3 is 1.67 bits per heavy atom. The van der Waals surface area contributed by atoms with Crippen molar-refractivity contribution in [3.05, 3.63) is 0 Å². The maximum Gasteiger partial charge on any atom is 0.0927 e. The van der Waals surface area contributed by atoms with Crippen molar-refractivity contribution in [1.82, 2.24) is 0 Å². The molecule has 0 atom stereocenters. The molecule has 0 aromatic heterocycles. The van der Waals surface area contributed by atoms with Crippen LogP contribution < -0.4 is 0 Å². The first-order valence-electron chi connectivity index (χ1n) is 5.04. The third-order valence-electron chi connectivity index (χ3n) is 3.01. The van der Waals surface area contributed by atoms with Crippen LogP contribution >= 0.6 is 7.14 Å². The topological polar surface area (TPSA) is 17.1 Å². The van der Waals surface area contributed by atoms with Gasteiger partial charge in [-0.3, -0.25) is 0 Å². The third-order valence-corrected chi connectivity index (χ3v) is 7.53. The second-order valence-corrected chi connectivity index (χ2v) is 8.94. The predicted molar refractivity (Wildman–Crippen MR) is 55.6 cm³/mol. The van der Waals surface area contributed by atoms with Crippen molar-refractivity contribution in [2.45, 2.75) is 51.6 Å². The summed E-state index contributed by atoms with van der Waals surface area (Å²) in [6.07, 6.45) is 6.95. The molecule has 0 spiro atoms. The summed E-state index contributed by atoms with van der Waals surface area (Å²) >= 11 is 0. The Bertz CT molecular complexity index is 179. The highest BCUT2D eigenvalue weighted by Gasteiger charge is 2.35. The number of rotatable bonds is 0. The van der Waals surface area contributed by atoms with Crippen molar-refractivity contribution in [3.8, 4) is 0 Å². The van der Waals surface area contributed by atoms with Crippen molar-refractivity contribution in [2.75, 3.05) is 12.3 Å². The van der Waals surface area contributed by atoms with E-state index >= 15 is 0 Å². The fraction of sp³-hybridized carbons (Fsp3) is 1.00. The summed E-state index contributed by atoms with van der Waals surface area (Å²) in [4.78, 5) is 0. The first-order valence-corrected chi connectivity index (χ1v) is 7.12. The van der Waals surface area contributed by atoms with Gasteiger partial charge < -0.3 is 4.57 Å². The zero-order valence-electron chi connectivity index (χ0n) is 8.60. The Balaban J connectivity index is 2.74. The minimum absolute atomic E-state index is 0.0529. The Morgan fingerprint density at radius 1 is 0.917 bits per heavy atom. The highest BCUT2D eigenvalue weighted by atomic mass is 31.2. The fourth-order valence-electron chi connectivity index (χ4n) is 1.87. The maximum atomic E-state index is 12.5. The van der Waals surface area contributed by atoms with Gasteiger partial charge in [-0.2, -0.15) is 0 Å². The molecule has 0 radical (unpaired) electrons. The highest BCUT2D eigenvalue weighted by Crippen LogP contribution is 2.59. The number of hydrogen-bond acceptors (Lipinski definition) is 1. The van der Waals surface area contributed by atoms with Gasteiger partial charge in [0.25, 0.3) is 0 Å². The van der Waals surface area contributed by atoms with E-state index in [0.29, 0.717) is 0 Å². The van der Waals surface area contributed by atoms with Gasteiger partial charge in [-0.05, 0) is 12.8 Å². The molecule has 0 unspecified atom stereocenters. The molecule has 0 aromatic rings. The smallest absolute Gasteiger partial charge is 0.0927 e. The van der Waals surface area contributed by atoms with Crippen LogP contribution in [0.2, 0.25) is 0 Å². The van der Waals surface area contributed by atoms with E-state index in [2.05, 4.69) is 20.8 Å². The van der Waals surface area contributed by atoms with Crippen LogP contribution in [-0.2, 0) is 4.57 Å². The molecule has 0 N–H and O–H groups in total. The number of hydrogen-bond donors (Lipinski definition) is 0. The van der Waals surface area contributed by atoms with Crippen LogP contribution in [0.5, 0.6) is 0 Å². The van der Waals surface area contributed by atoms with Crippen LogP contribution in [0.4, 0.5) is 0 Å². The first kappa shape index (κ1) is 10.3. The summed E-state index contributed by atoms with van der Waals surface area (Å²) in [7, 11) is -1.84. The minimum atomic E-state index is -1.84. The van der Waals surface area contributed by atoms with Gasteiger partial charge in [-0.1, -0.05) is 33.6 Å². The summed E-state index contributed by atoms with van der Waals surface area (Å²) in [6.45, 7) is 6.41. The zero-order valence-corrected chi connectivity index (χ0v) is 9.49. The molecule has 1 fully saturated rings. The van der Waals surface area contributed by atoms with Crippen molar-refractivity contribution < 1.29 is 4.57 Å². The molecule has 0 saturated carbocycles. The second kappa shape index (κ2) is 3.54. The van der Waals surface area contributed by atoms with Crippen molar-refractivity contribution in [1.29, 1.82) is 0 Å². The predicted octanol–water partition coefficient (Wildman–Crippen LogP) is 3.72. The Hall–Kier alpha value is 0.230. The molecule has 0 bridgehead atoms. The van der Waals surface area contributed by atoms with E-state index in [9.17, 15) is 4.57 Å². The Labute approximate surface area is 76.3 Å². The lowest BCUT2D eigenvalue weighted by molar-refractivity contribution is 0.547. The summed E-state index contributed by atoms with van der Waals surface area (Å²) in [5.41, 5.74) is 0. The van der Waals surface area contributed by atoms with Gasteiger partial charge in [0.05, 0.1) is 7.14 Å². The summed E-state index contributed by atoms with van der Waals surface area (Å²) in [5.74, 6) is 0. The van der Waals surface area contributed by atoms with Gasteiger partial charge in [0, 0.05) is 17.5 Å². The van der Waals surface area contributed by atoms with Crippen molar-refractivity contribution in [3.63, 3.8) is 0 Å². The molecule has 0 amide bonds. The van der Waals surface area contributed by atoms with Crippen LogP contribution in [-0.4, -0.2) is 17.5 Å². The van der Waals surface area contributed by atoms with Gasteiger partial charge in [0.1, 0.15) is 0 Å². The Morgan fingerprint density at radius 2 is 1.33 bits per heavy atom. The lowest BCUT2D eigenvalue weighted by Gasteiger charge is -2.30. The second-order valence-electron chi connectivity index (χ2n) is 4.92. The summed E-state index contributed by atoms with van der Waals surface area (Å²) in [6, 6.07) is 0. The molecular formula is C10H21OP. The van der Waals surface area contributed by atoms with E-state index < -0.39 is 7.14 Å². The average molecular weight is 188 g/mol. The molecule has 1 heterocycles. The molecule has 1 aliphatic heterocycles. The average Bonchev–Trinajstić information content (AvgIpc) is 2.12. The molecule has 0 aliphatic carbocycles. The molecule has 1 aliphatic rings. The Kier molecular flexibility index (Phi) is 3.04. The van der Waals surface area contributed by atoms with Crippen molar-refractivity contribution in [2.24, 2.45) is 0 Å². The van der Waals surface area contributed by atoms with E-state index in [4.69, 9.17) is 0 Å². The molecule has 0 aromatic carbocycles. The van der Waals surface area contributed by atoms with Gasteiger partial charge in [0.15, 0.2) is 0 Å². The quantitative estimate of drug-likeness (QED) is 0.529. The van der Waals surface area contributed by atoms with Crippen LogP contribution in [0.25, 0.3) is 0 Å². The van der Waals surface area contributed by atoms with E-state index in [1.54, 1.807) is 0 Å². The fourth-order valence-corrected chi connectivity index (χ4v) is 4.90. The molecule has 1 nitrogen and oxygen atoms in total. The van der Waals surface area contributed by atoms with E-state index in [1.807, 2.05) is 0 Å². The molecule has 72 valence electrons. The maximum absolute atomic E-state index is 12.5. The minimum Gasteiger partial charge on any atom is -0.323 e. The third kappa shape index (κ3) is 2.13. The van der Waals surface area contributed by atoms with Gasteiger partial charge >= 0.3 is 0 Å². The van der Waals surface area contributed by atoms with E-state index in [0.717, 1.165) is 12.3 Å². The van der Waals surface area contributed by atoms with Gasteiger partial charge in [-0.15, -0.1) is 0 Å². The lowest BCUT2D eigenvalue weighted by Crippen LogP contribution is -2.18. The van der Waals surface area contributed by atoms with E-state index in [1.165, 1.54) is 25.7 Å². The standard InChI is InChI=1S/C10H21OP/c1-10(2,3)12(11)8-6-4-5-7-9-12/h4-9H2,1-3H3. The first-order chi connectivity index (χ1) is 5.46. The zero-order chi connectivity index (χ0) is 9.24. The normalized spacial score (nSPS) is 24.9. The van der Waals surface area contributed by atoms with E-state index in [-0.39, 0.29) is 5.16 Å². The largest absolute Gasteiger partial charge is 0.323 e. The lowest BCUT2D eigenvalue weighted by atomic mass is 10.2. The highest BCUT2D eigenvalue weighted by molar-refractivity contribution is 7.65. The van der Waals surface area contributed by atoms with Crippen molar-refractivity contribution >= 4 is 7.14 Å². The SMILES string of the molecule is CC(C)(C)P1(=O)CCCCCC1. The van der Waals surface area contributed by atoms with Gasteiger partial charge in [-0.25, -0.2) is 0 Å². The van der Waals surface area contributed by atoms with Crippen LogP contribution in [0, 0.1) is 0 Å². The molecule has 1 saturated heterocycles. The van der Waals surface area contributed by atoms with Gasteiger partial charge in [0.2, 0.25) is 0 Å². The summed E-state index contributed by atoms with van der Waals surface area (Å²) < 4.78 is 12.5. The van der Waals surface area contributed by atoms with Crippen LogP contribution in [0.3, 0.4) is 0 Å². The van der Waals surface area contributed by atoms with Crippen LogP contribution in [0.15, 0.2) is 0 Å².